The Morgan fingerprint density at radius 2 is 2.43 bits per heavy atom. The second-order valence-corrected chi connectivity index (χ2v) is 10.5. The number of hydrazone groups is 1. The van der Waals surface area contributed by atoms with Crippen molar-refractivity contribution in [1.82, 2.24) is 4.83 Å². The number of rotatable bonds is 0. The van der Waals surface area contributed by atoms with E-state index < -0.39 is 7.12 Å². The summed E-state index contributed by atoms with van der Waals surface area (Å²) in [6, 6.07) is 0. The lowest BCUT2D eigenvalue weighted by Crippen LogP contribution is -1.78. The van der Waals surface area contributed by atoms with Crippen LogP contribution in [0.2, 0.25) is 0 Å². The number of hydrogen-bond acceptors (Lipinski definition) is 5. The first kappa shape index (κ1) is 6.00. The normalized spacial score (nSPS) is 29.4. The predicted molar refractivity (Wildman–Crippen MR) is 44.8 cm³/mol. The molecular formula is CH4N2S4. The maximum absolute atomic E-state index is 4.15. The summed E-state index contributed by atoms with van der Waals surface area (Å²) >= 11 is 8.30. The van der Waals surface area contributed by atoms with Crippen LogP contribution in [0.15, 0.2) is 5.10 Å². The third kappa shape index (κ3) is 1.67. The zero-order valence-corrected chi connectivity index (χ0v) is 6.66. The molecule has 2 nitrogen and oxygen atoms in total. The Labute approximate surface area is 57.0 Å². The van der Waals surface area contributed by atoms with Gasteiger partial charge < -0.3 is 0 Å². The fourth-order valence-corrected chi connectivity index (χ4v) is 2.29. The van der Waals surface area contributed by atoms with Crippen LogP contribution in [-0.4, -0.2) is 5.55 Å². The molecule has 7 heavy (non-hydrogen) atoms. The Morgan fingerprint density at radius 1 is 1.71 bits per heavy atom. The lowest BCUT2D eigenvalue weighted by atomic mass is 11.7. The van der Waals surface area contributed by atoms with E-state index in [0.29, 0.717) is 0 Å². The molecule has 0 spiro atoms. The molecule has 0 aromatic rings. The van der Waals surface area contributed by atoms with Crippen molar-refractivity contribution in [3.05, 3.63) is 0 Å². The number of hydrogen-bond donors (Lipinski definition) is 3. The molecule has 0 radical (unpaired) electrons. The molecule has 0 fully saturated rings. The van der Waals surface area contributed by atoms with E-state index in [1.54, 1.807) is 5.55 Å². The van der Waals surface area contributed by atoms with E-state index in [1.165, 1.54) is 11.0 Å². The van der Waals surface area contributed by atoms with Crippen molar-refractivity contribution in [2.45, 2.75) is 0 Å². The van der Waals surface area contributed by atoms with Gasteiger partial charge in [-0.3, -0.25) is 0 Å². The van der Waals surface area contributed by atoms with Gasteiger partial charge in [-0.05, 0) is 7.12 Å². The highest BCUT2D eigenvalue weighted by Crippen LogP contribution is 2.66. The van der Waals surface area contributed by atoms with Crippen molar-refractivity contribution in [2.24, 2.45) is 5.10 Å². The van der Waals surface area contributed by atoms with Crippen LogP contribution in [0.25, 0.3) is 0 Å². The van der Waals surface area contributed by atoms with Crippen molar-refractivity contribution >= 4 is 47.0 Å². The molecule has 0 saturated heterocycles. The molecule has 1 heterocycles. The molecule has 1 rings (SSSR count). The van der Waals surface area contributed by atoms with Crippen molar-refractivity contribution in [3.63, 3.8) is 0 Å². The summed E-state index contributed by atoms with van der Waals surface area (Å²) in [5, 5.41) is 3.71. The van der Waals surface area contributed by atoms with Crippen LogP contribution < -0.4 is 4.83 Å². The molecule has 0 aromatic heterocycles. The van der Waals surface area contributed by atoms with Crippen molar-refractivity contribution < 1.29 is 0 Å². The van der Waals surface area contributed by atoms with Crippen LogP contribution in [-0.2, 0) is 0 Å². The van der Waals surface area contributed by atoms with E-state index in [0.717, 1.165) is 0 Å². The summed E-state index contributed by atoms with van der Waals surface area (Å²) in [6.07, 6.45) is 0. The van der Waals surface area contributed by atoms with E-state index in [1.807, 2.05) is 0 Å². The minimum atomic E-state index is -1.14. The molecule has 0 aliphatic carbocycles. The van der Waals surface area contributed by atoms with E-state index in [-0.39, 0.29) is 0 Å². The third-order valence-electron chi connectivity index (χ3n) is 0.403. The second-order valence-electron chi connectivity index (χ2n) is 0.947. The van der Waals surface area contributed by atoms with Gasteiger partial charge in [-0.2, -0.15) is 5.10 Å². The standard InChI is InChI=1S/CH4N2S4/c4-7(5)1-2-3-6-7/h1,3-5H. The highest BCUT2D eigenvalue weighted by molar-refractivity contribution is 9.47. The van der Waals surface area contributed by atoms with Gasteiger partial charge in [0.25, 0.3) is 0 Å². The van der Waals surface area contributed by atoms with Crippen LogP contribution in [0.4, 0.5) is 0 Å². The Bertz CT molecular complexity index is 97.9. The third-order valence-corrected chi connectivity index (χ3v) is 4.33. The average molecular weight is 172 g/mol. The van der Waals surface area contributed by atoms with E-state index >= 15 is 0 Å². The number of nitrogens with zero attached hydrogens (tertiary/aromatic N) is 1. The smallest absolute Gasteiger partial charge is 0.0919 e. The Balaban J connectivity index is 2.57. The molecule has 0 unspecified atom stereocenters. The second kappa shape index (κ2) is 2.00. The fourth-order valence-electron chi connectivity index (χ4n) is 0.188. The lowest BCUT2D eigenvalue weighted by molar-refractivity contribution is 1.15. The summed E-state index contributed by atoms with van der Waals surface area (Å²) in [6.45, 7) is 0. The van der Waals surface area contributed by atoms with Crippen LogP contribution >= 0.6 is 41.4 Å². The Hall–Kier alpha value is 0.870. The van der Waals surface area contributed by atoms with Gasteiger partial charge in [-0.25, -0.2) is 4.83 Å². The molecule has 1 N–H and O–H groups in total. The highest BCUT2D eigenvalue weighted by atomic mass is 33.8. The van der Waals surface area contributed by atoms with Crippen molar-refractivity contribution in [3.8, 4) is 0 Å². The lowest BCUT2D eigenvalue weighted by Gasteiger charge is -2.11. The fraction of sp³-hybridized carbons (Fsp3) is 0. The molecule has 0 saturated carbocycles. The molecule has 1 aliphatic rings. The predicted octanol–water partition coefficient (Wildman–Crippen LogP) is 1.59. The Kier molecular flexibility index (Phi) is 1.72. The van der Waals surface area contributed by atoms with Gasteiger partial charge in [0.2, 0.25) is 0 Å². The van der Waals surface area contributed by atoms with E-state index in [4.69, 9.17) is 0 Å². The number of thiol groups is 2. The largest absolute Gasteiger partial charge is 0.241 e. The minimum absolute atomic E-state index is 1.14. The quantitative estimate of drug-likeness (QED) is 0.294. The summed E-state index contributed by atoms with van der Waals surface area (Å²) in [7, 11) is 0.296. The SMILES string of the molecule is SS1(S)C=NNS1. The maximum atomic E-state index is 4.15. The van der Waals surface area contributed by atoms with Gasteiger partial charge in [0.15, 0.2) is 0 Å². The van der Waals surface area contributed by atoms with Gasteiger partial charge in [-0.15, -0.1) is 23.3 Å². The molecule has 6 heteroatoms. The van der Waals surface area contributed by atoms with Crippen LogP contribution in [0.3, 0.4) is 0 Å². The zero-order valence-electron chi connectivity index (χ0n) is 3.24. The van der Waals surface area contributed by atoms with Crippen LogP contribution in [0.1, 0.15) is 0 Å². The molecule has 0 aromatic carbocycles. The van der Waals surface area contributed by atoms with Crippen molar-refractivity contribution in [2.75, 3.05) is 0 Å². The van der Waals surface area contributed by atoms with Gasteiger partial charge in [-0.1, -0.05) is 0 Å². The van der Waals surface area contributed by atoms with Crippen molar-refractivity contribution in [1.29, 1.82) is 0 Å². The van der Waals surface area contributed by atoms with Gasteiger partial charge in [0, 0.05) is 11.0 Å². The molecule has 1 aliphatic heterocycles. The summed E-state index contributed by atoms with van der Waals surface area (Å²) < 4.78 is 0. The van der Waals surface area contributed by atoms with Crippen LogP contribution in [0, 0.1) is 0 Å². The minimum Gasteiger partial charge on any atom is -0.241 e. The maximum Gasteiger partial charge on any atom is 0.0919 e. The van der Waals surface area contributed by atoms with E-state index in [9.17, 15) is 0 Å². The van der Waals surface area contributed by atoms with Gasteiger partial charge >= 0.3 is 0 Å². The van der Waals surface area contributed by atoms with E-state index in [2.05, 4.69) is 33.3 Å². The average Bonchev–Trinajstić information content (AvgIpc) is 1.84. The first-order chi connectivity index (χ1) is 3.21. The van der Waals surface area contributed by atoms with Crippen LogP contribution in [0.5, 0.6) is 0 Å². The molecule has 0 atom stereocenters. The molecule has 0 amide bonds. The molecule has 0 bridgehead atoms. The molecular weight excluding hydrogens is 168 g/mol. The Morgan fingerprint density at radius 3 is 2.57 bits per heavy atom. The summed E-state index contributed by atoms with van der Waals surface area (Å²) in [5.41, 5.74) is 1.71. The summed E-state index contributed by atoms with van der Waals surface area (Å²) in [5.74, 6) is 0. The van der Waals surface area contributed by atoms with Gasteiger partial charge in [0.1, 0.15) is 0 Å². The first-order valence-electron chi connectivity index (χ1n) is 1.45. The topological polar surface area (TPSA) is 24.4 Å². The zero-order chi connectivity index (χ0) is 5.33. The monoisotopic (exact) mass is 172 g/mol. The van der Waals surface area contributed by atoms with Gasteiger partial charge in [0.05, 0.1) is 5.55 Å². The first-order valence-corrected chi connectivity index (χ1v) is 6.59. The highest BCUT2D eigenvalue weighted by Gasteiger charge is 2.15. The molecule has 42 valence electrons. The summed E-state index contributed by atoms with van der Waals surface area (Å²) in [4.78, 5) is 2.68. The number of nitrogens with one attached hydrogen (secondary N) is 1.